The minimum absolute atomic E-state index is 0.0200. The lowest BCUT2D eigenvalue weighted by Crippen LogP contribution is -2.58. The van der Waals surface area contributed by atoms with Gasteiger partial charge in [0.25, 0.3) is 0 Å². The molecule has 0 spiro atoms. The van der Waals surface area contributed by atoms with Gasteiger partial charge in [0.2, 0.25) is 23.6 Å². The third-order valence-corrected chi connectivity index (χ3v) is 5.84. The summed E-state index contributed by atoms with van der Waals surface area (Å²) in [4.78, 5) is 72.3. The number of carbonyl (C=O) groups is 6. The van der Waals surface area contributed by atoms with E-state index in [0.29, 0.717) is 11.3 Å². The third-order valence-electron chi connectivity index (χ3n) is 5.19. The molecule has 1 aromatic rings. The molecule has 0 aliphatic carbocycles. The van der Waals surface area contributed by atoms with E-state index >= 15 is 0 Å². The van der Waals surface area contributed by atoms with Crippen LogP contribution in [-0.4, -0.2) is 82.0 Å². The minimum atomic E-state index is -1.61. The Kier molecular flexibility index (Phi) is 13.7. The largest absolute Gasteiger partial charge is 0.481 e. The Morgan fingerprint density at radius 1 is 0.865 bits per heavy atom. The van der Waals surface area contributed by atoms with Crippen LogP contribution in [0, 0.1) is 0 Å². The Hall–Kier alpha value is -3.65. The maximum atomic E-state index is 13.1. The molecule has 0 aromatic heterocycles. The maximum absolute atomic E-state index is 13.1. The second-order valence-corrected chi connectivity index (χ2v) is 9.19. The van der Waals surface area contributed by atoms with E-state index in [1.165, 1.54) is 11.8 Å². The highest BCUT2D eigenvalue weighted by Gasteiger charge is 2.31. The number of carbonyl (C=O) groups excluding carboxylic acids is 4. The fourth-order valence-corrected chi connectivity index (χ4v) is 3.66. The molecule has 0 saturated heterocycles. The van der Waals surface area contributed by atoms with E-state index in [0.717, 1.165) is 0 Å². The minimum Gasteiger partial charge on any atom is -0.481 e. The SMILES string of the molecule is CSCCC(NC(=O)C(CC(=O)O)NC(=O)C(Cc1ccccc1)NC(=O)C(N)CCC(N)=O)C(=O)O. The van der Waals surface area contributed by atoms with Crippen molar-refractivity contribution in [1.29, 1.82) is 0 Å². The second kappa shape index (κ2) is 16.2. The lowest BCUT2D eigenvalue weighted by molar-refractivity contribution is -0.143. The van der Waals surface area contributed by atoms with Gasteiger partial charge in [-0.1, -0.05) is 30.3 Å². The van der Waals surface area contributed by atoms with Gasteiger partial charge in [-0.25, -0.2) is 4.79 Å². The van der Waals surface area contributed by atoms with Crippen LogP contribution in [-0.2, 0) is 35.2 Å². The Labute approximate surface area is 218 Å². The first kappa shape index (κ1) is 31.4. The molecule has 0 saturated carbocycles. The molecule has 4 amide bonds. The fourth-order valence-electron chi connectivity index (χ4n) is 3.19. The number of amides is 4. The van der Waals surface area contributed by atoms with Gasteiger partial charge in [0.1, 0.15) is 18.1 Å². The van der Waals surface area contributed by atoms with Crippen LogP contribution < -0.4 is 27.4 Å². The summed E-state index contributed by atoms with van der Waals surface area (Å²) in [5, 5.41) is 25.6. The van der Waals surface area contributed by atoms with Crippen molar-refractivity contribution in [3.8, 4) is 0 Å². The van der Waals surface area contributed by atoms with Crippen LogP contribution >= 0.6 is 11.8 Å². The Morgan fingerprint density at radius 2 is 1.43 bits per heavy atom. The smallest absolute Gasteiger partial charge is 0.326 e. The van der Waals surface area contributed by atoms with Gasteiger partial charge >= 0.3 is 11.9 Å². The predicted molar refractivity (Wildman–Crippen MR) is 135 cm³/mol. The molecule has 1 rings (SSSR count). The summed E-state index contributed by atoms with van der Waals surface area (Å²) in [6.07, 6.45) is 0.801. The zero-order valence-electron chi connectivity index (χ0n) is 20.3. The summed E-state index contributed by atoms with van der Waals surface area (Å²) < 4.78 is 0. The zero-order chi connectivity index (χ0) is 28.0. The zero-order valence-corrected chi connectivity index (χ0v) is 21.2. The number of nitrogens with one attached hydrogen (secondary N) is 3. The first-order valence-corrected chi connectivity index (χ1v) is 12.8. The first-order chi connectivity index (χ1) is 17.4. The van der Waals surface area contributed by atoms with Crippen molar-refractivity contribution in [2.24, 2.45) is 11.5 Å². The first-order valence-electron chi connectivity index (χ1n) is 11.4. The molecular weight excluding hydrogens is 506 g/mol. The number of primary amides is 1. The second-order valence-electron chi connectivity index (χ2n) is 8.20. The molecule has 1 aromatic carbocycles. The molecular formula is C23H33N5O8S. The molecule has 0 aliphatic rings. The lowest BCUT2D eigenvalue weighted by atomic mass is 10.0. The van der Waals surface area contributed by atoms with Crippen molar-refractivity contribution in [3.05, 3.63) is 35.9 Å². The monoisotopic (exact) mass is 539 g/mol. The molecule has 13 nitrogen and oxygen atoms in total. The predicted octanol–water partition coefficient (Wildman–Crippen LogP) is -1.41. The standard InChI is InChI=1S/C23H33N5O8S/c1-37-10-9-15(23(35)36)26-22(34)17(12-19(30)31)28-21(33)16(11-13-5-3-2-4-6-13)27-20(32)14(24)7-8-18(25)29/h2-6,14-17H,7-12,24H2,1H3,(H2,25,29)(H,26,34)(H,27,32)(H,28,33)(H,30,31)(H,35,36). The van der Waals surface area contributed by atoms with Gasteiger partial charge < -0.3 is 37.6 Å². The lowest BCUT2D eigenvalue weighted by Gasteiger charge is -2.24. The molecule has 9 N–H and O–H groups in total. The Bertz CT molecular complexity index is 962. The van der Waals surface area contributed by atoms with Gasteiger partial charge in [0.05, 0.1) is 12.5 Å². The van der Waals surface area contributed by atoms with Gasteiger partial charge in [-0.15, -0.1) is 0 Å². The van der Waals surface area contributed by atoms with Crippen LogP contribution in [0.15, 0.2) is 30.3 Å². The van der Waals surface area contributed by atoms with Gasteiger partial charge in [-0.2, -0.15) is 11.8 Å². The average molecular weight is 540 g/mol. The number of aliphatic carboxylic acids is 2. The molecule has 4 unspecified atom stereocenters. The van der Waals surface area contributed by atoms with Crippen molar-refractivity contribution in [3.63, 3.8) is 0 Å². The topological polar surface area (TPSA) is 231 Å². The van der Waals surface area contributed by atoms with E-state index in [2.05, 4.69) is 16.0 Å². The van der Waals surface area contributed by atoms with Gasteiger partial charge in [0, 0.05) is 12.8 Å². The number of nitrogens with two attached hydrogens (primary N) is 2. The molecule has 0 heterocycles. The quantitative estimate of drug-likeness (QED) is 0.122. The normalized spacial score (nSPS) is 13.9. The van der Waals surface area contributed by atoms with Crippen molar-refractivity contribution in [1.82, 2.24) is 16.0 Å². The molecule has 14 heteroatoms. The Morgan fingerprint density at radius 3 is 1.97 bits per heavy atom. The van der Waals surface area contributed by atoms with E-state index in [4.69, 9.17) is 11.5 Å². The average Bonchev–Trinajstić information content (AvgIpc) is 2.84. The maximum Gasteiger partial charge on any atom is 0.326 e. The number of hydrogen-bond acceptors (Lipinski definition) is 8. The van der Waals surface area contributed by atoms with Gasteiger partial charge in [-0.05, 0) is 30.4 Å². The summed E-state index contributed by atoms with van der Waals surface area (Å²) in [7, 11) is 0. The van der Waals surface area contributed by atoms with Crippen molar-refractivity contribution >= 4 is 47.3 Å². The number of carboxylic acids is 2. The van der Waals surface area contributed by atoms with Crippen molar-refractivity contribution in [2.45, 2.75) is 56.3 Å². The highest BCUT2D eigenvalue weighted by Crippen LogP contribution is 2.07. The highest BCUT2D eigenvalue weighted by molar-refractivity contribution is 7.98. The summed E-state index contributed by atoms with van der Waals surface area (Å²) in [6, 6.07) is 3.28. The molecule has 0 radical (unpaired) electrons. The number of rotatable bonds is 17. The van der Waals surface area contributed by atoms with Crippen LogP contribution in [0.2, 0.25) is 0 Å². The van der Waals surface area contributed by atoms with E-state index in [-0.39, 0.29) is 25.7 Å². The van der Waals surface area contributed by atoms with Crippen molar-refractivity contribution in [2.75, 3.05) is 12.0 Å². The van der Waals surface area contributed by atoms with Crippen molar-refractivity contribution < 1.29 is 39.0 Å². The van der Waals surface area contributed by atoms with E-state index < -0.39 is 66.2 Å². The summed E-state index contributed by atoms with van der Waals surface area (Å²) in [5.74, 6) is -5.56. The number of carboxylic acid groups (broad SMARTS) is 2. The van der Waals surface area contributed by atoms with Crippen LogP contribution in [0.1, 0.15) is 31.2 Å². The number of benzene rings is 1. The summed E-state index contributed by atoms with van der Waals surface area (Å²) in [5.41, 5.74) is 11.5. The van der Waals surface area contributed by atoms with E-state index in [1.807, 2.05) is 0 Å². The van der Waals surface area contributed by atoms with Crippen LogP contribution in [0.5, 0.6) is 0 Å². The molecule has 204 valence electrons. The summed E-state index contributed by atoms with van der Waals surface area (Å²) in [6.45, 7) is 0. The van der Waals surface area contributed by atoms with E-state index in [1.54, 1.807) is 36.6 Å². The molecule has 0 bridgehead atoms. The van der Waals surface area contributed by atoms with Crippen LogP contribution in [0.25, 0.3) is 0 Å². The highest BCUT2D eigenvalue weighted by atomic mass is 32.2. The number of thioether (sulfide) groups is 1. The van der Waals surface area contributed by atoms with Crippen LogP contribution in [0.3, 0.4) is 0 Å². The van der Waals surface area contributed by atoms with E-state index in [9.17, 15) is 39.0 Å². The Balaban J connectivity index is 3.08. The van der Waals surface area contributed by atoms with Crippen LogP contribution in [0.4, 0.5) is 0 Å². The molecule has 37 heavy (non-hydrogen) atoms. The third kappa shape index (κ3) is 12.2. The molecule has 0 aliphatic heterocycles. The molecule has 4 atom stereocenters. The van der Waals surface area contributed by atoms with Gasteiger partial charge in [0.15, 0.2) is 0 Å². The fraction of sp³-hybridized carbons (Fsp3) is 0.478. The molecule has 0 fully saturated rings. The van der Waals surface area contributed by atoms with Gasteiger partial charge in [-0.3, -0.25) is 24.0 Å². The summed E-state index contributed by atoms with van der Waals surface area (Å²) >= 11 is 1.37. The number of hydrogen-bond donors (Lipinski definition) is 7.